The van der Waals surface area contributed by atoms with Gasteiger partial charge < -0.3 is 14.7 Å². The van der Waals surface area contributed by atoms with Crippen molar-refractivity contribution in [1.29, 1.82) is 0 Å². The molecule has 132 valence electrons. The molecule has 1 saturated heterocycles. The summed E-state index contributed by atoms with van der Waals surface area (Å²) < 4.78 is 5.11. The maximum absolute atomic E-state index is 12.5. The lowest BCUT2D eigenvalue weighted by Gasteiger charge is -2.27. The van der Waals surface area contributed by atoms with Crippen molar-refractivity contribution in [3.8, 4) is 0 Å². The third kappa shape index (κ3) is 3.62. The smallest absolute Gasteiger partial charge is 0.225 e. The van der Waals surface area contributed by atoms with E-state index in [4.69, 9.17) is 4.52 Å². The van der Waals surface area contributed by atoms with E-state index >= 15 is 0 Å². The largest absolute Gasteiger partial charge is 0.361 e. The second kappa shape index (κ2) is 7.36. The Labute approximate surface area is 142 Å². The highest BCUT2D eigenvalue weighted by Gasteiger charge is 2.37. The van der Waals surface area contributed by atoms with Gasteiger partial charge in [-0.15, -0.1) is 0 Å². The highest BCUT2D eigenvalue weighted by molar-refractivity contribution is 5.89. The maximum Gasteiger partial charge on any atom is 0.225 e. The SMILES string of the molecule is Cc1noc(C)c1CNC(=O)[C@H]1CC(=O)N(C2CCCCCC2)C1. The average Bonchev–Trinajstić information content (AvgIpc) is 2.96. The topological polar surface area (TPSA) is 75.4 Å². The monoisotopic (exact) mass is 333 g/mol. The molecule has 2 aliphatic rings. The van der Waals surface area contributed by atoms with Crippen LogP contribution in [0, 0.1) is 19.8 Å². The molecule has 2 heterocycles. The molecular weight excluding hydrogens is 306 g/mol. The average molecular weight is 333 g/mol. The van der Waals surface area contributed by atoms with Crippen molar-refractivity contribution in [3.05, 3.63) is 17.0 Å². The first-order valence-electron chi connectivity index (χ1n) is 9.05. The Bertz CT molecular complexity index is 583. The van der Waals surface area contributed by atoms with Gasteiger partial charge in [0.05, 0.1) is 11.6 Å². The van der Waals surface area contributed by atoms with Gasteiger partial charge in [-0.3, -0.25) is 9.59 Å². The van der Waals surface area contributed by atoms with Crippen molar-refractivity contribution in [2.75, 3.05) is 6.54 Å². The number of rotatable bonds is 4. The fourth-order valence-electron chi connectivity index (χ4n) is 3.90. The van der Waals surface area contributed by atoms with Gasteiger partial charge in [-0.05, 0) is 26.7 Å². The molecule has 1 aliphatic heterocycles. The first-order chi connectivity index (χ1) is 11.6. The van der Waals surface area contributed by atoms with Crippen LogP contribution in [0.15, 0.2) is 4.52 Å². The van der Waals surface area contributed by atoms with E-state index in [1.54, 1.807) is 0 Å². The van der Waals surface area contributed by atoms with Crippen molar-refractivity contribution < 1.29 is 14.1 Å². The molecule has 2 fully saturated rings. The Kier molecular flexibility index (Phi) is 5.21. The molecule has 0 radical (unpaired) electrons. The van der Waals surface area contributed by atoms with Gasteiger partial charge in [-0.25, -0.2) is 0 Å². The number of hydrogen-bond donors (Lipinski definition) is 1. The molecule has 1 aromatic heterocycles. The summed E-state index contributed by atoms with van der Waals surface area (Å²) in [7, 11) is 0. The number of nitrogens with one attached hydrogen (secondary N) is 1. The number of nitrogens with zero attached hydrogens (tertiary/aromatic N) is 2. The highest BCUT2D eigenvalue weighted by Crippen LogP contribution is 2.28. The Morgan fingerprint density at radius 3 is 2.58 bits per heavy atom. The molecule has 2 amide bonds. The highest BCUT2D eigenvalue weighted by atomic mass is 16.5. The van der Waals surface area contributed by atoms with Crippen molar-refractivity contribution >= 4 is 11.8 Å². The normalized spacial score (nSPS) is 22.7. The van der Waals surface area contributed by atoms with Crippen LogP contribution >= 0.6 is 0 Å². The van der Waals surface area contributed by atoms with Gasteiger partial charge in [0, 0.05) is 31.1 Å². The van der Waals surface area contributed by atoms with Crippen LogP contribution in [0.3, 0.4) is 0 Å². The minimum absolute atomic E-state index is 0.0422. The van der Waals surface area contributed by atoms with Gasteiger partial charge >= 0.3 is 0 Å². The number of aryl methyl sites for hydroxylation is 2. The second-order valence-electron chi connectivity index (χ2n) is 7.11. The summed E-state index contributed by atoms with van der Waals surface area (Å²) in [6, 6.07) is 0.334. The van der Waals surface area contributed by atoms with Gasteiger partial charge in [0.1, 0.15) is 5.76 Å². The summed E-state index contributed by atoms with van der Waals surface area (Å²) in [6.07, 6.45) is 7.41. The van der Waals surface area contributed by atoms with Crippen LogP contribution in [0.5, 0.6) is 0 Å². The molecule has 1 aromatic rings. The van der Waals surface area contributed by atoms with E-state index in [9.17, 15) is 9.59 Å². The van der Waals surface area contributed by atoms with E-state index in [-0.39, 0.29) is 17.7 Å². The van der Waals surface area contributed by atoms with E-state index in [1.807, 2.05) is 18.7 Å². The zero-order chi connectivity index (χ0) is 17.1. The predicted molar refractivity (Wildman–Crippen MR) is 89.1 cm³/mol. The minimum Gasteiger partial charge on any atom is -0.361 e. The van der Waals surface area contributed by atoms with Crippen LogP contribution in [0.4, 0.5) is 0 Å². The molecule has 0 aromatic carbocycles. The van der Waals surface area contributed by atoms with Gasteiger partial charge in [0.15, 0.2) is 0 Å². The summed E-state index contributed by atoms with van der Waals surface area (Å²) >= 11 is 0. The van der Waals surface area contributed by atoms with E-state index in [1.165, 1.54) is 25.7 Å². The summed E-state index contributed by atoms with van der Waals surface area (Å²) in [5.74, 6) is 0.593. The summed E-state index contributed by atoms with van der Waals surface area (Å²) in [6.45, 7) is 4.68. The first kappa shape index (κ1) is 17.0. The quantitative estimate of drug-likeness (QED) is 0.859. The van der Waals surface area contributed by atoms with Crippen molar-refractivity contribution in [3.63, 3.8) is 0 Å². The standard InChI is InChI=1S/C18H27N3O3/c1-12-16(13(2)24-20-12)10-19-18(23)14-9-17(22)21(11-14)15-7-5-3-4-6-8-15/h14-15H,3-11H2,1-2H3,(H,19,23)/t14-/m0/s1. The second-order valence-corrected chi connectivity index (χ2v) is 7.11. The van der Waals surface area contributed by atoms with Gasteiger partial charge in [-0.1, -0.05) is 30.8 Å². The number of hydrogen-bond acceptors (Lipinski definition) is 4. The molecule has 1 atom stereocenters. The molecule has 24 heavy (non-hydrogen) atoms. The fourth-order valence-corrected chi connectivity index (χ4v) is 3.90. The molecule has 0 unspecified atom stereocenters. The van der Waals surface area contributed by atoms with Gasteiger partial charge in [0.25, 0.3) is 0 Å². The van der Waals surface area contributed by atoms with Crippen molar-refractivity contribution in [2.24, 2.45) is 5.92 Å². The Morgan fingerprint density at radius 1 is 1.25 bits per heavy atom. The molecule has 6 heteroatoms. The van der Waals surface area contributed by atoms with E-state index in [2.05, 4.69) is 10.5 Å². The number of carbonyl (C=O) groups excluding carboxylic acids is 2. The molecule has 0 bridgehead atoms. The Hall–Kier alpha value is -1.85. The third-order valence-corrected chi connectivity index (χ3v) is 5.42. The van der Waals surface area contributed by atoms with Crippen LogP contribution in [-0.4, -0.2) is 34.5 Å². The lowest BCUT2D eigenvalue weighted by Crippen LogP contribution is -2.38. The van der Waals surface area contributed by atoms with Crippen LogP contribution in [-0.2, 0) is 16.1 Å². The van der Waals surface area contributed by atoms with E-state index < -0.39 is 0 Å². The summed E-state index contributed by atoms with van der Waals surface area (Å²) in [5.41, 5.74) is 1.73. The van der Waals surface area contributed by atoms with Crippen LogP contribution in [0.1, 0.15) is 62.0 Å². The molecule has 6 nitrogen and oxygen atoms in total. The lowest BCUT2D eigenvalue weighted by molar-refractivity contribution is -0.130. The van der Waals surface area contributed by atoms with E-state index in [0.29, 0.717) is 25.6 Å². The van der Waals surface area contributed by atoms with Crippen LogP contribution in [0.2, 0.25) is 0 Å². The third-order valence-electron chi connectivity index (χ3n) is 5.42. The number of likely N-dealkylation sites (tertiary alicyclic amines) is 1. The van der Waals surface area contributed by atoms with Gasteiger partial charge in [0.2, 0.25) is 11.8 Å². The Morgan fingerprint density at radius 2 is 1.96 bits per heavy atom. The van der Waals surface area contributed by atoms with Crippen LogP contribution in [0.25, 0.3) is 0 Å². The molecule has 3 rings (SSSR count). The number of amides is 2. The minimum atomic E-state index is -0.235. The molecule has 1 saturated carbocycles. The lowest BCUT2D eigenvalue weighted by atomic mass is 10.1. The Balaban J connectivity index is 1.55. The fraction of sp³-hybridized carbons (Fsp3) is 0.722. The predicted octanol–water partition coefficient (Wildman–Crippen LogP) is 2.48. The molecule has 1 aliphatic carbocycles. The van der Waals surface area contributed by atoms with Crippen molar-refractivity contribution in [2.45, 2.75) is 71.4 Å². The summed E-state index contributed by atoms with van der Waals surface area (Å²) in [4.78, 5) is 26.8. The van der Waals surface area contributed by atoms with E-state index in [0.717, 1.165) is 29.9 Å². The van der Waals surface area contributed by atoms with Crippen LogP contribution < -0.4 is 5.32 Å². The number of aromatic nitrogens is 1. The van der Waals surface area contributed by atoms with Crippen molar-refractivity contribution in [1.82, 2.24) is 15.4 Å². The molecular formula is C18H27N3O3. The molecule has 1 N–H and O–H groups in total. The zero-order valence-electron chi connectivity index (χ0n) is 14.6. The van der Waals surface area contributed by atoms with Gasteiger partial charge in [-0.2, -0.15) is 0 Å². The number of carbonyl (C=O) groups is 2. The maximum atomic E-state index is 12.5. The molecule has 0 spiro atoms. The zero-order valence-corrected chi connectivity index (χ0v) is 14.6. The summed E-state index contributed by atoms with van der Waals surface area (Å²) in [5, 5.41) is 6.84. The first-order valence-corrected chi connectivity index (χ1v) is 9.05.